The van der Waals surface area contributed by atoms with E-state index in [0.717, 1.165) is 39.7 Å². The molecule has 35 heavy (non-hydrogen) atoms. The molecular formula is C29H25IN2O3. The quantitative estimate of drug-likeness (QED) is 0.266. The van der Waals surface area contributed by atoms with E-state index in [1.165, 1.54) is 5.57 Å². The van der Waals surface area contributed by atoms with Gasteiger partial charge in [-0.3, -0.25) is 4.79 Å². The van der Waals surface area contributed by atoms with E-state index in [4.69, 9.17) is 9.84 Å². The van der Waals surface area contributed by atoms with Crippen molar-refractivity contribution in [2.45, 2.75) is 25.3 Å². The summed E-state index contributed by atoms with van der Waals surface area (Å²) in [7, 11) is 0. The Morgan fingerprint density at radius 1 is 1.00 bits per heavy atom. The average molecular weight is 576 g/mol. The lowest BCUT2D eigenvalue weighted by Gasteiger charge is -2.29. The summed E-state index contributed by atoms with van der Waals surface area (Å²) in [5.74, 6) is -0.725. The number of hydrazone groups is 1. The molecule has 176 valence electrons. The van der Waals surface area contributed by atoms with E-state index >= 15 is 0 Å². The van der Waals surface area contributed by atoms with E-state index in [9.17, 15) is 9.59 Å². The van der Waals surface area contributed by atoms with Crippen LogP contribution in [0.15, 0.2) is 95.6 Å². The van der Waals surface area contributed by atoms with Gasteiger partial charge in [0.1, 0.15) is 0 Å². The molecule has 1 fully saturated rings. The predicted octanol–water partition coefficient (Wildman–Crippen LogP) is 6.27. The van der Waals surface area contributed by atoms with Crippen LogP contribution in [-0.2, 0) is 9.53 Å². The Hall–Kier alpha value is -3.26. The molecule has 5 rings (SSSR count). The number of esters is 1. The van der Waals surface area contributed by atoms with Gasteiger partial charge in [0, 0.05) is 9.49 Å². The lowest BCUT2D eigenvalue weighted by molar-refractivity contribution is -0.137. The van der Waals surface area contributed by atoms with Crippen LogP contribution in [-0.4, -0.2) is 29.2 Å². The van der Waals surface area contributed by atoms with Crippen LogP contribution < -0.4 is 0 Å². The summed E-state index contributed by atoms with van der Waals surface area (Å²) < 4.78 is 6.33. The largest absolute Gasteiger partial charge is 0.452 e. The Labute approximate surface area is 218 Å². The van der Waals surface area contributed by atoms with E-state index in [1.807, 2.05) is 54.6 Å². The molecule has 1 saturated carbocycles. The molecule has 0 bridgehead atoms. The van der Waals surface area contributed by atoms with Gasteiger partial charge in [-0.2, -0.15) is 5.10 Å². The minimum absolute atomic E-state index is 0.108. The van der Waals surface area contributed by atoms with Crippen molar-refractivity contribution >= 4 is 46.3 Å². The minimum Gasteiger partial charge on any atom is -0.452 e. The van der Waals surface area contributed by atoms with Crippen molar-refractivity contribution in [3.8, 4) is 0 Å². The van der Waals surface area contributed by atoms with E-state index in [0.29, 0.717) is 5.56 Å². The lowest BCUT2D eigenvalue weighted by Crippen LogP contribution is -2.34. The van der Waals surface area contributed by atoms with E-state index in [-0.39, 0.29) is 24.5 Å². The molecule has 3 aromatic carbocycles. The highest BCUT2D eigenvalue weighted by Crippen LogP contribution is 2.44. The highest BCUT2D eigenvalue weighted by atomic mass is 127. The summed E-state index contributed by atoms with van der Waals surface area (Å²) in [5.41, 5.74) is 4.72. The molecule has 2 aliphatic rings. The molecule has 0 aromatic heterocycles. The molecular weight excluding hydrogens is 551 g/mol. The number of halogens is 1. The van der Waals surface area contributed by atoms with Crippen molar-refractivity contribution in [3.05, 3.63) is 111 Å². The number of benzene rings is 3. The first-order valence-electron chi connectivity index (χ1n) is 11.7. The number of amides is 1. The maximum atomic E-state index is 13.4. The smallest absolute Gasteiger partial charge is 0.338 e. The van der Waals surface area contributed by atoms with E-state index in [2.05, 4.69) is 40.8 Å². The average Bonchev–Trinajstić information content (AvgIpc) is 3.29. The number of carbonyl (C=O) groups excluding carboxylic acids is 2. The fourth-order valence-electron chi connectivity index (χ4n) is 4.83. The zero-order valence-corrected chi connectivity index (χ0v) is 21.3. The molecule has 2 atom stereocenters. The Bertz CT molecular complexity index is 1290. The molecule has 0 N–H and O–H groups in total. The lowest BCUT2D eigenvalue weighted by atomic mass is 9.77. The Morgan fingerprint density at radius 2 is 1.74 bits per heavy atom. The molecule has 0 saturated heterocycles. The van der Waals surface area contributed by atoms with Crippen LogP contribution in [0.5, 0.6) is 0 Å². The van der Waals surface area contributed by atoms with Gasteiger partial charge in [-0.25, -0.2) is 9.80 Å². The number of hydrogen-bond acceptors (Lipinski definition) is 4. The first-order valence-corrected chi connectivity index (χ1v) is 12.8. The minimum atomic E-state index is -0.512. The fraction of sp³-hybridized carbons (Fsp3) is 0.207. The van der Waals surface area contributed by atoms with Gasteiger partial charge in [0.05, 0.1) is 17.3 Å². The summed E-state index contributed by atoms with van der Waals surface area (Å²) in [4.78, 5) is 25.9. The second-order valence-corrected chi connectivity index (χ2v) is 9.99. The molecule has 6 heteroatoms. The second kappa shape index (κ2) is 10.6. The summed E-state index contributed by atoms with van der Waals surface area (Å²) in [5, 5.41) is 6.39. The fourth-order valence-corrected chi connectivity index (χ4v) is 5.38. The molecule has 5 nitrogen and oxygen atoms in total. The molecule has 1 amide bonds. The van der Waals surface area contributed by atoms with Crippen molar-refractivity contribution in [3.63, 3.8) is 0 Å². The van der Waals surface area contributed by atoms with Crippen LogP contribution in [0.1, 0.15) is 46.8 Å². The highest BCUT2D eigenvalue weighted by molar-refractivity contribution is 14.1. The first-order chi connectivity index (χ1) is 17.1. The van der Waals surface area contributed by atoms with Crippen molar-refractivity contribution in [2.75, 3.05) is 6.61 Å². The van der Waals surface area contributed by atoms with Gasteiger partial charge in [-0.1, -0.05) is 66.7 Å². The van der Waals surface area contributed by atoms with Crippen LogP contribution in [0.2, 0.25) is 0 Å². The number of rotatable bonds is 5. The van der Waals surface area contributed by atoms with Crippen LogP contribution in [0.4, 0.5) is 0 Å². The van der Waals surface area contributed by atoms with Crippen LogP contribution >= 0.6 is 22.6 Å². The number of ether oxygens (including phenoxy) is 1. The maximum Gasteiger partial charge on any atom is 0.338 e. The van der Waals surface area contributed by atoms with Crippen molar-refractivity contribution in [1.29, 1.82) is 0 Å². The van der Waals surface area contributed by atoms with E-state index in [1.54, 1.807) is 23.2 Å². The summed E-state index contributed by atoms with van der Waals surface area (Å²) in [6, 6.07) is 27.1. The van der Waals surface area contributed by atoms with Gasteiger partial charge in [-0.05, 0) is 82.8 Å². The highest BCUT2D eigenvalue weighted by Gasteiger charge is 2.43. The third kappa shape index (κ3) is 5.22. The summed E-state index contributed by atoms with van der Waals surface area (Å²) in [6.45, 7) is -0.352. The van der Waals surface area contributed by atoms with Gasteiger partial charge >= 0.3 is 5.97 Å². The zero-order chi connectivity index (χ0) is 24.2. The molecule has 1 heterocycles. The Balaban J connectivity index is 1.42. The third-order valence-electron chi connectivity index (χ3n) is 6.43. The number of fused-ring (bicyclic) bond motifs is 1. The number of nitrogens with zero attached hydrogens (tertiary/aromatic N) is 2. The molecule has 1 aliphatic carbocycles. The molecule has 0 radical (unpaired) electrons. The summed E-state index contributed by atoms with van der Waals surface area (Å²) >= 11 is 2.14. The topological polar surface area (TPSA) is 59.0 Å². The van der Waals surface area contributed by atoms with Crippen LogP contribution in [0, 0.1) is 9.49 Å². The van der Waals surface area contributed by atoms with Crippen molar-refractivity contribution in [1.82, 2.24) is 5.01 Å². The molecule has 3 aromatic rings. The van der Waals surface area contributed by atoms with Crippen molar-refractivity contribution < 1.29 is 14.3 Å². The number of carbonyl (C=O) groups is 2. The monoisotopic (exact) mass is 576 g/mol. The molecule has 0 spiro atoms. The maximum absolute atomic E-state index is 13.4. The summed E-state index contributed by atoms with van der Waals surface area (Å²) in [6.07, 6.45) is 5.10. The standard InChI is InChI=1S/C29H25IN2O3/c30-24-15-7-14-23(18-24)29(34)35-19-26(33)32-28(21-11-5-2-6-12-21)25-16-8-13-22(27(25)31-32)17-20-9-3-1-4-10-20/h1-7,9-12,14-15,17-18,25,28H,8,13,16,19H2. The normalized spacial score (nSPS) is 20.3. The molecule has 2 unspecified atom stereocenters. The number of hydrogen-bond donors (Lipinski definition) is 0. The van der Waals surface area contributed by atoms with E-state index < -0.39 is 5.97 Å². The Kier molecular flexibility index (Phi) is 7.08. The third-order valence-corrected chi connectivity index (χ3v) is 7.10. The van der Waals surface area contributed by atoms with Gasteiger partial charge in [-0.15, -0.1) is 0 Å². The first kappa shape index (κ1) is 23.5. The van der Waals surface area contributed by atoms with Gasteiger partial charge in [0.25, 0.3) is 5.91 Å². The molecule has 1 aliphatic heterocycles. The Morgan fingerprint density at radius 3 is 2.49 bits per heavy atom. The van der Waals surface area contributed by atoms with Gasteiger partial charge < -0.3 is 4.74 Å². The van der Waals surface area contributed by atoms with Crippen LogP contribution in [0.3, 0.4) is 0 Å². The number of allylic oxidation sites excluding steroid dienone is 1. The second-order valence-electron chi connectivity index (χ2n) is 8.74. The zero-order valence-electron chi connectivity index (χ0n) is 19.1. The SMILES string of the molecule is O=C(OCC(=O)N1N=C2C(=Cc3ccccc3)CCCC2C1c1ccccc1)c1cccc(I)c1. The van der Waals surface area contributed by atoms with Gasteiger partial charge in [0.2, 0.25) is 0 Å². The van der Waals surface area contributed by atoms with Gasteiger partial charge in [0.15, 0.2) is 6.61 Å². The van der Waals surface area contributed by atoms with Crippen molar-refractivity contribution in [2.24, 2.45) is 11.0 Å². The predicted molar refractivity (Wildman–Crippen MR) is 145 cm³/mol. The van der Waals surface area contributed by atoms with Crippen LogP contribution in [0.25, 0.3) is 6.08 Å².